The van der Waals surface area contributed by atoms with E-state index in [4.69, 9.17) is 4.74 Å². The molecule has 0 amide bonds. The summed E-state index contributed by atoms with van der Waals surface area (Å²) >= 11 is 0. The van der Waals surface area contributed by atoms with Crippen LogP contribution in [0.2, 0.25) is 0 Å². The van der Waals surface area contributed by atoms with Crippen molar-refractivity contribution in [2.75, 3.05) is 0 Å². The normalized spacial score (nSPS) is 15.0. The molecule has 0 radical (unpaired) electrons. The van der Waals surface area contributed by atoms with Crippen molar-refractivity contribution in [1.82, 2.24) is 0 Å². The predicted molar refractivity (Wildman–Crippen MR) is 276 cm³/mol. The van der Waals surface area contributed by atoms with Crippen LogP contribution in [0.3, 0.4) is 0 Å². The second kappa shape index (κ2) is 14.8. The molecule has 0 fully saturated rings. The first-order chi connectivity index (χ1) is 33.2. The van der Waals surface area contributed by atoms with Gasteiger partial charge in [0.2, 0.25) is 0 Å². The number of fused-ring (bicyclic) bond motifs is 18. The molecule has 0 aromatic heterocycles. The van der Waals surface area contributed by atoms with Gasteiger partial charge in [0.1, 0.15) is 11.5 Å². The monoisotopic (exact) mass is 850 g/mol. The molecule has 3 aliphatic rings. The van der Waals surface area contributed by atoms with Crippen molar-refractivity contribution in [3.63, 3.8) is 0 Å². The fourth-order valence-corrected chi connectivity index (χ4v) is 12.0. The summed E-state index contributed by atoms with van der Waals surface area (Å²) in [5, 5.41) is 2.50. The Balaban J connectivity index is 1.10. The van der Waals surface area contributed by atoms with Gasteiger partial charge in [-0.3, -0.25) is 0 Å². The molecule has 11 aromatic carbocycles. The lowest BCUT2D eigenvalue weighted by atomic mass is 9.65. The average molecular weight is 851 g/mol. The first-order valence-electron chi connectivity index (χ1n) is 23.4. The van der Waals surface area contributed by atoms with Gasteiger partial charge in [0.05, 0.1) is 5.41 Å². The number of ether oxygens (including phenoxy) is 1. The van der Waals surface area contributed by atoms with E-state index in [1.54, 1.807) is 0 Å². The van der Waals surface area contributed by atoms with Crippen molar-refractivity contribution < 1.29 is 4.74 Å². The standard InChI is InChI=1S/C66H42O/c1-2-18-42(19-3-1)47-22-6-11-30-56(47)65(45-35-37-64-58(39-45)51-26-10-9-25-50(51)55-29-14-17-33-63(55)67-64)46-34-36-54-49-24-8-7-23-48(49)52-27-12-15-31-59(52)66(61(54)41-46)60-32-16-13-28-53(60)57-38-43-20-4-5-21-44(43)40-62(57)66/h1-41,65H. The molecule has 2 unspecified atom stereocenters. The topological polar surface area (TPSA) is 9.23 Å². The summed E-state index contributed by atoms with van der Waals surface area (Å²) in [6.07, 6.45) is 0. The zero-order chi connectivity index (χ0) is 44.1. The summed E-state index contributed by atoms with van der Waals surface area (Å²) in [4.78, 5) is 0. The summed E-state index contributed by atoms with van der Waals surface area (Å²) in [6, 6.07) is 92.7. The summed E-state index contributed by atoms with van der Waals surface area (Å²) in [5.74, 6) is 1.58. The molecule has 312 valence electrons. The molecular weight excluding hydrogens is 809 g/mol. The van der Waals surface area contributed by atoms with Crippen LogP contribution >= 0.6 is 0 Å². The molecular formula is C66H42O. The largest absolute Gasteiger partial charge is 0.456 e. The van der Waals surface area contributed by atoms with Gasteiger partial charge < -0.3 is 4.74 Å². The lowest BCUT2D eigenvalue weighted by Gasteiger charge is -2.36. The second-order valence-corrected chi connectivity index (χ2v) is 18.2. The molecule has 1 spiro atoms. The SMILES string of the molecule is c1ccc(-c2ccccc2C(c2ccc3c(c2)-c2ccccc2-c2ccccc2O3)c2ccc3c(c2)C2(c4ccccc4-c4ccccc4-3)c3ccccc3-c3cc4ccccc4cc32)cc1. The van der Waals surface area contributed by atoms with Gasteiger partial charge in [-0.15, -0.1) is 0 Å². The van der Waals surface area contributed by atoms with Crippen molar-refractivity contribution in [3.8, 4) is 78.3 Å². The third-order valence-electron chi connectivity index (χ3n) is 14.8. The highest BCUT2D eigenvalue weighted by Crippen LogP contribution is 2.62. The smallest absolute Gasteiger partial charge is 0.135 e. The first-order valence-corrected chi connectivity index (χ1v) is 23.4. The van der Waals surface area contributed by atoms with Crippen LogP contribution in [0, 0.1) is 0 Å². The molecule has 0 saturated carbocycles. The van der Waals surface area contributed by atoms with Crippen LogP contribution in [0.1, 0.15) is 44.9 Å². The van der Waals surface area contributed by atoms with E-state index >= 15 is 0 Å². The van der Waals surface area contributed by atoms with Crippen LogP contribution in [-0.4, -0.2) is 0 Å². The third-order valence-corrected chi connectivity index (χ3v) is 14.8. The van der Waals surface area contributed by atoms with Gasteiger partial charge in [-0.05, 0) is 136 Å². The van der Waals surface area contributed by atoms with Crippen LogP contribution in [0.25, 0.3) is 77.5 Å². The number of para-hydroxylation sites is 1. The van der Waals surface area contributed by atoms with E-state index in [-0.39, 0.29) is 5.92 Å². The number of rotatable bonds is 4. The molecule has 67 heavy (non-hydrogen) atoms. The Bertz CT molecular complexity index is 3800. The molecule has 1 nitrogen and oxygen atoms in total. The Kier molecular flexibility index (Phi) is 8.33. The van der Waals surface area contributed by atoms with E-state index in [0.717, 1.165) is 22.6 Å². The molecule has 0 N–H and O–H groups in total. The van der Waals surface area contributed by atoms with Gasteiger partial charge in [0, 0.05) is 17.0 Å². The van der Waals surface area contributed by atoms with E-state index in [2.05, 4.69) is 249 Å². The van der Waals surface area contributed by atoms with E-state index in [1.165, 1.54) is 105 Å². The van der Waals surface area contributed by atoms with E-state index in [9.17, 15) is 0 Å². The fourth-order valence-electron chi connectivity index (χ4n) is 12.0. The van der Waals surface area contributed by atoms with Crippen molar-refractivity contribution in [2.24, 2.45) is 0 Å². The summed E-state index contributed by atoms with van der Waals surface area (Å²) in [7, 11) is 0. The average Bonchev–Trinajstić information content (AvgIpc) is 3.52. The summed E-state index contributed by atoms with van der Waals surface area (Å²) < 4.78 is 6.84. The molecule has 14 rings (SSSR count). The van der Waals surface area contributed by atoms with Gasteiger partial charge in [-0.25, -0.2) is 0 Å². The maximum absolute atomic E-state index is 6.84. The zero-order valence-corrected chi connectivity index (χ0v) is 36.7. The van der Waals surface area contributed by atoms with Crippen LogP contribution in [-0.2, 0) is 5.41 Å². The Hall–Kier alpha value is -8.52. The fraction of sp³-hybridized carbons (Fsp3) is 0.0303. The second-order valence-electron chi connectivity index (χ2n) is 18.2. The predicted octanol–water partition coefficient (Wildman–Crippen LogP) is 17.1. The van der Waals surface area contributed by atoms with Gasteiger partial charge in [-0.1, -0.05) is 218 Å². The molecule has 11 aromatic rings. The molecule has 1 heteroatoms. The molecule has 1 heterocycles. The van der Waals surface area contributed by atoms with E-state index in [1.807, 2.05) is 0 Å². The minimum Gasteiger partial charge on any atom is -0.456 e. The number of hydrogen-bond acceptors (Lipinski definition) is 1. The van der Waals surface area contributed by atoms with Crippen LogP contribution in [0.5, 0.6) is 11.5 Å². The highest BCUT2D eigenvalue weighted by atomic mass is 16.5. The van der Waals surface area contributed by atoms with Gasteiger partial charge in [0.15, 0.2) is 0 Å². The van der Waals surface area contributed by atoms with Crippen molar-refractivity contribution in [3.05, 3.63) is 288 Å². The van der Waals surface area contributed by atoms with Crippen LogP contribution in [0.4, 0.5) is 0 Å². The number of benzene rings is 11. The lowest BCUT2D eigenvalue weighted by Crippen LogP contribution is -2.29. The van der Waals surface area contributed by atoms with Crippen molar-refractivity contribution in [2.45, 2.75) is 11.3 Å². The first kappa shape index (κ1) is 37.8. The maximum Gasteiger partial charge on any atom is 0.135 e. The van der Waals surface area contributed by atoms with E-state index < -0.39 is 5.41 Å². The Labute approximate surface area is 390 Å². The minimum atomic E-state index is -0.632. The Morgan fingerprint density at radius 1 is 0.269 bits per heavy atom. The Morgan fingerprint density at radius 3 is 1.45 bits per heavy atom. The lowest BCUT2D eigenvalue weighted by molar-refractivity contribution is 0.487. The van der Waals surface area contributed by atoms with Crippen LogP contribution in [0.15, 0.2) is 249 Å². The zero-order valence-electron chi connectivity index (χ0n) is 36.7. The molecule has 0 saturated heterocycles. The molecule has 1 aliphatic heterocycles. The molecule has 0 bridgehead atoms. The molecule has 2 atom stereocenters. The third kappa shape index (κ3) is 5.55. The van der Waals surface area contributed by atoms with Crippen molar-refractivity contribution in [1.29, 1.82) is 0 Å². The van der Waals surface area contributed by atoms with Gasteiger partial charge >= 0.3 is 0 Å². The molecule has 2 aliphatic carbocycles. The highest BCUT2D eigenvalue weighted by Gasteiger charge is 2.50. The quantitative estimate of drug-likeness (QED) is 0.160. The van der Waals surface area contributed by atoms with E-state index in [0.29, 0.717) is 0 Å². The summed E-state index contributed by atoms with van der Waals surface area (Å²) in [6.45, 7) is 0. The maximum atomic E-state index is 6.84. The van der Waals surface area contributed by atoms with Crippen LogP contribution < -0.4 is 4.74 Å². The van der Waals surface area contributed by atoms with Crippen molar-refractivity contribution >= 4 is 10.8 Å². The Morgan fingerprint density at radius 2 is 0.731 bits per heavy atom. The van der Waals surface area contributed by atoms with Gasteiger partial charge in [-0.2, -0.15) is 0 Å². The number of hydrogen-bond donors (Lipinski definition) is 0. The van der Waals surface area contributed by atoms with Gasteiger partial charge in [0.25, 0.3) is 0 Å². The highest BCUT2D eigenvalue weighted by molar-refractivity contribution is 6.01. The summed E-state index contributed by atoms with van der Waals surface area (Å²) in [5.41, 5.74) is 22.8. The minimum absolute atomic E-state index is 0.150.